The molecule has 0 saturated heterocycles. The van der Waals surface area contributed by atoms with Crippen LogP contribution in [0, 0.1) is 30.9 Å². The molecule has 0 amide bonds. The number of carbonyl (C=O) groups excluding carboxylic acids is 2. The molecule has 0 fully saturated rings. The second-order valence-electron chi connectivity index (χ2n) is 5.94. The summed E-state index contributed by atoms with van der Waals surface area (Å²) >= 11 is 0. The Morgan fingerprint density at radius 3 is 2.54 bits per heavy atom. The van der Waals surface area contributed by atoms with Gasteiger partial charge in [0.05, 0.1) is 10.5 Å². The molecule has 0 aliphatic rings. The number of allylic oxidation sites excluding steroid dienone is 1. The molecule has 7 heteroatoms. The summed E-state index contributed by atoms with van der Waals surface area (Å²) in [6.45, 7) is 9.14. The fourth-order valence-electron chi connectivity index (χ4n) is 2.77. The maximum atomic E-state index is 12.4. The maximum Gasteiger partial charge on any atom is 0.338 e. The van der Waals surface area contributed by atoms with E-state index < -0.39 is 17.5 Å². The van der Waals surface area contributed by atoms with Gasteiger partial charge in [-0.3, -0.25) is 14.9 Å². The highest BCUT2D eigenvalue weighted by atomic mass is 16.6. The van der Waals surface area contributed by atoms with Crippen LogP contribution in [0.2, 0.25) is 0 Å². The zero-order chi connectivity index (χ0) is 19.4. The van der Waals surface area contributed by atoms with E-state index in [2.05, 4.69) is 6.58 Å². The summed E-state index contributed by atoms with van der Waals surface area (Å²) < 4.78 is 7.02. The molecule has 0 atom stereocenters. The van der Waals surface area contributed by atoms with E-state index in [1.54, 1.807) is 12.1 Å². The quantitative estimate of drug-likeness (QED) is 0.249. The van der Waals surface area contributed by atoms with Gasteiger partial charge in [0.25, 0.3) is 5.69 Å². The van der Waals surface area contributed by atoms with E-state index in [9.17, 15) is 19.7 Å². The summed E-state index contributed by atoms with van der Waals surface area (Å²) in [7, 11) is 0. The highest BCUT2D eigenvalue weighted by Gasteiger charge is 2.19. The van der Waals surface area contributed by atoms with Crippen molar-refractivity contribution in [3.05, 3.63) is 75.1 Å². The molecular formula is C19H20N2O5. The van der Waals surface area contributed by atoms with E-state index in [1.807, 2.05) is 18.4 Å². The van der Waals surface area contributed by atoms with E-state index in [0.29, 0.717) is 17.7 Å². The Kier molecular flexibility index (Phi) is 5.71. The van der Waals surface area contributed by atoms with Crippen LogP contribution in [-0.2, 0) is 11.3 Å². The van der Waals surface area contributed by atoms with Crippen LogP contribution in [0.1, 0.15) is 37.7 Å². The van der Waals surface area contributed by atoms with Gasteiger partial charge < -0.3 is 9.30 Å². The molecular weight excluding hydrogens is 336 g/mol. The standard InChI is InChI=1S/C19H20N2O5/c1-5-8-20-13(3)10-16(14(20)4)18(22)11-26-19(23)15-6-7-17(21(24)25)12(2)9-15/h5-7,9-10H,1,8,11H2,2-4H3. The number of ether oxygens (including phenoxy) is 1. The Morgan fingerprint density at radius 2 is 1.96 bits per heavy atom. The van der Waals surface area contributed by atoms with Crippen molar-refractivity contribution in [2.75, 3.05) is 6.61 Å². The summed E-state index contributed by atoms with van der Waals surface area (Å²) in [5.74, 6) is -1.00. The zero-order valence-electron chi connectivity index (χ0n) is 14.9. The van der Waals surface area contributed by atoms with Gasteiger partial charge in [0, 0.05) is 35.1 Å². The minimum Gasteiger partial charge on any atom is -0.454 e. The highest BCUT2D eigenvalue weighted by Crippen LogP contribution is 2.20. The number of esters is 1. The lowest BCUT2D eigenvalue weighted by atomic mass is 10.1. The molecule has 26 heavy (non-hydrogen) atoms. The largest absolute Gasteiger partial charge is 0.454 e. The lowest BCUT2D eigenvalue weighted by Crippen LogP contribution is -2.15. The third kappa shape index (κ3) is 3.88. The van der Waals surface area contributed by atoms with Crippen LogP contribution >= 0.6 is 0 Å². The summed E-state index contributed by atoms with van der Waals surface area (Å²) in [6, 6.07) is 5.69. The highest BCUT2D eigenvalue weighted by molar-refractivity contribution is 6.00. The van der Waals surface area contributed by atoms with Gasteiger partial charge in [0.1, 0.15) is 0 Å². The molecule has 2 rings (SSSR count). The van der Waals surface area contributed by atoms with Crippen molar-refractivity contribution in [3.63, 3.8) is 0 Å². The Bertz CT molecular complexity index is 896. The number of aryl methyl sites for hydroxylation is 2. The second-order valence-corrected chi connectivity index (χ2v) is 5.94. The Balaban J connectivity index is 2.09. The second kappa shape index (κ2) is 7.77. The number of Topliss-reactive ketones (excluding diaryl/α,β-unsaturated/α-hetero) is 1. The number of aromatic nitrogens is 1. The normalized spacial score (nSPS) is 10.4. The minimum atomic E-state index is -0.698. The molecule has 7 nitrogen and oxygen atoms in total. The number of nitro benzene ring substituents is 1. The van der Waals surface area contributed by atoms with Crippen LogP contribution in [0.15, 0.2) is 36.9 Å². The van der Waals surface area contributed by atoms with E-state index in [0.717, 1.165) is 11.4 Å². The van der Waals surface area contributed by atoms with Crippen molar-refractivity contribution in [2.24, 2.45) is 0 Å². The third-order valence-electron chi connectivity index (χ3n) is 4.15. The van der Waals surface area contributed by atoms with Crippen LogP contribution in [0.3, 0.4) is 0 Å². The van der Waals surface area contributed by atoms with Crippen LogP contribution < -0.4 is 0 Å². The molecule has 0 saturated carbocycles. The molecule has 0 bridgehead atoms. The van der Waals surface area contributed by atoms with E-state index >= 15 is 0 Å². The number of hydrogen-bond donors (Lipinski definition) is 0. The minimum absolute atomic E-state index is 0.0766. The van der Waals surface area contributed by atoms with Crippen molar-refractivity contribution in [3.8, 4) is 0 Å². The number of hydrogen-bond acceptors (Lipinski definition) is 5. The van der Waals surface area contributed by atoms with E-state index in [4.69, 9.17) is 4.74 Å². The molecule has 0 unspecified atom stereocenters. The average molecular weight is 356 g/mol. The predicted molar refractivity (Wildman–Crippen MR) is 96.5 cm³/mol. The van der Waals surface area contributed by atoms with Gasteiger partial charge in [-0.2, -0.15) is 0 Å². The Labute approximate surface area is 151 Å². The lowest BCUT2D eigenvalue weighted by Gasteiger charge is -2.07. The Morgan fingerprint density at radius 1 is 1.27 bits per heavy atom. The fourth-order valence-corrected chi connectivity index (χ4v) is 2.77. The third-order valence-corrected chi connectivity index (χ3v) is 4.15. The summed E-state index contributed by atoms with van der Waals surface area (Å²) in [5.41, 5.74) is 2.64. The molecule has 0 aliphatic heterocycles. The van der Waals surface area contributed by atoms with Gasteiger partial charge in [0.15, 0.2) is 6.61 Å². The predicted octanol–water partition coefficient (Wildman–Crippen LogP) is 3.55. The molecule has 1 aromatic carbocycles. The Hall–Kier alpha value is -3.22. The molecule has 0 N–H and O–H groups in total. The number of ketones is 1. The lowest BCUT2D eigenvalue weighted by molar-refractivity contribution is -0.385. The van der Waals surface area contributed by atoms with Crippen LogP contribution in [0.4, 0.5) is 5.69 Å². The van der Waals surface area contributed by atoms with Gasteiger partial charge in [-0.15, -0.1) is 6.58 Å². The van der Waals surface area contributed by atoms with Gasteiger partial charge in [-0.25, -0.2) is 4.79 Å². The molecule has 1 aromatic heterocycles. The van der Waals surface area contributed by atoms with Gasteiger partial charge in [0.2, 0.25) is 5.78 Å². The number of rotatable bonds is 7. The number of carbonyl (C=O) groups is 2. The first-order chi connectivity index (χ1) is 12.3. The number of nitrogens with zero attached hydrogens (tertiary/aromatic N) is 2. The van der Waals surface area contributed by atoms with E-state index in [1.165, 1.54) is 25.1 Å². The van der Waals surface area contributed by atoms with Crippen molar-refractivity contribution >= 4 is 17.4 Å². The molecule has 1 heterocycles. The van der Waals surface area contributed by atoms with Crippen LogP contribution in [-0.4, -0.2) is 27.8 Å². The van der Waals surface area contributed by atoms with Crippen molar-refractivity contribution in [2.45, 2.75) is 27.3 Å². The molecule has 0 radical (unpaired) electrons. The number of benzene rings is 1. The molecule has 0 aliphatic carbocycles. The smallest absolute Gasteiger partial charge is 0.338 e. The monoisotopic (exact) mass is 356 g/mol. The maximum absolute atomic E-state index is 12.4. The van der Waals surface area contributed by atoms with Gasteiger partial charge >= 0.3 is 5.97 Å². The van der Waals surface area contributed by atoms with Gasteiger partial charge in [-0.05, 0) is 39.0 Å². The molecule has 2 aromatic rings. The zero-order valence-corrected chi connectivity index (χ0v) is 14.9. The summed E-state index contributed by atoms with van der Waals surface area (Å²) in [4.78, 5) is 34.8. The topological polar surface area (TPSA) is 91.4 Å². The van der Waals surface area contributed by atoms with Crippen molar-refractivity contribution in [1.82, 2.24) is 4.57 Å². The SMILES string of the molecule is C=CCn1c(C)cc(C(=O)COC(=O)c2ccc([N+](=O)[O-])c(C)c2)c1C. The fraction of sp³-hybridized carbons (Fsp3) is 0.263. The molecule has 136 valence electrons. The summed E-state index contributed by atoms with van der Waals surface area (Å²) in [6.07, 6.45) is 1.74. The first-order valence-electron chi connectivity index (χ1n) is 7.99. The van der Waals surface area contributed by atoms with E-state index in [-0.39, 0.29) is 17.0 Å². The van der Waals surface area contributed by atoms with Crippen molar-refractivity contribution in [1.29, 1.82) is 0 Å². The van der Waals surface area contributed by atoms with Crippen molar-refractivity contribution < 1.29 is 19.2 Å². The van der Waals surface area contributed by atoms with Gasteiger partial charge in [-0.1, -0.05) is 6.08 Å². The van der Waals surface area contributed by atoms with Crippen LogP contribution in [0.5, 0.6) is 0 Å². The average Bonchev–Trinajstić information content (AvgIpc) is 2.87. The summed E-state index contributed by atoms with van der Waals surface area (Å²) in [5, 5.41) is 10.8. The first kappa shape index (κ1) is 19.1. The number of nitro groups is 1. The first-order valence-corrected chi connectivity index (χ1v) is 7.99. The van der Waals surface area contributed by atoms with Crippen LogP contribution in [0.25, 0.3) is 0 Å². The molecule has 0 spiro atoms.